The molecular formula is C10H8ClNS. The number of hydrogen-bond donors (Lipinski definition) is 0. The van der Waals surface area contributed by atoms with Crippen LogP contribution >= 0.6 is 23.1 Å². The van der Waals surface area contributed by atoms with E-state index in [-0.39, 0.29) is 0 Å². The molecule has 1 aromatic carbocycles. The van der Waals surface area contributed by atoms with Gasteiger partial charge in [0, 0.05) is 10.4 Å². The summed E-state index contributed by atoms with van der Waals surface area (Å²) in [7, 11) is 0. The van der Waals surface area contributed by atoms with Gasteiger partial charge in [0.15, 0.2) is 5.15 Å². The van der Waals surface area contributed by atoms with Crippen LogP contribution in [0.2, 0.25) is 5.15 Å². The maximum atomic E-state index is 5.98. The van der Waals surface area contributed by atoms with Crippen LogP contribution in [0.4, 0.5) is 0 Å². The highest BCUT2D eigenvalue weighted by molar-refractivity contribution is 7.06. The van der Waals surface area contributed by atoms with E-state index >= 15 is 0 Å². The van der Waals surface area contributed by atoms with Crippen molar-refractivity contribution in [2.24, 2.45) is 0 Å². The third-order valence-corrected chi connectivity index (χ3v) is 3.01. The second-order valence-corrected chi connectivity index (χ2v) is 4.11. The molecular weight excluding hydrogens is 202 g/mol. The van der Waals surface area contributed by atoms with Gasteiger partial charge < -0.3 is 0 Å². The van der Waals surface area contributed by atoms with Crippen LogP contribution in [-0.2, 0) is 0 Å². The fourth-order valence-corrected chi connectivity index (χ4v) is 2.30. The normalized spacial score (nSPS) is 10.3. The van der Waals surface area contributed by atoms with Crippen molar-refractivity contribution in [1.29, 1.82) is 0 Å². The number of aromatic nitrogens is 1. The molecule has 13 heavy (non-hydrogen) atoms. The molecule has 0 aliphatic rings. The van der Waals surface area contributed by atoms with E-state index in [1.165, 1.54) is 11.5 Å². The van der Waals surface area contributed by atoms with Crippen LogP contribution in [0.15, 0.2) is 30.3 Å². The predicted molar refractivity (Wildman–Crippen MR) is 57.3 cm³/mol. The van der Waals surface area contributed by atoms with Gasteiger partial charge in [-0.3, -0.25) is 0 Å². The molecule has 2 aromatic rings. The van der Waals surface area contributed by atoms with Gasteiger partial charge in [-0.2, -0.15) is 4.37 Å². The Kier molecular flexibility index (Phi) is 2.34. The third kappa shape index (κ3) is 1.60. The third-order valence-electron chi connectivity index (χ3n) is 1.88. The summed E-state index contributed by atoms with van der Waals surface area (Å²) in [6, 6.07) is 10.1. The van der Waals surface area contributed by atoms with E-state index in [1.807, 2.05) is 37.3 Å². The monoisotopic (exact) mass is 209 g/mol. The molecule has 0 atom stereocenters. The van der Waals surface area contributed by atoms with Crippen LogP contribution in [0.3, 0.4) is 0 Å². The average molecular weight is 210 g/mol. The summed E-state index contributed by atoms with van der Waals surface area (Å²) in [5, 5.41) is 0.605. The molecule has 3 heteroatoms. The highest BCUT2D eigenvalue weighted by atomic mass is 35.5. The molecule has 1 nitrogen and oxygen atoms in total. The quantitative estimate of drug-likeness (QED) is 0.697. The number of aryl methyl sites for hydroxylation is 1. The molecule has 0 saturated heterocycles. The minimum atomic E-state index is 0.605. The zero-order valence-electron chi connectivity index (χ0n) is 7.12. The van der Waals surface area contributed by atoms with Crippen molar-refractivity contribution in [1.82, 2.24) is 4.37 Å². The van der Waals surface area contributed by atoms with Gasteiger partial charge in [0.2, 0.25) is 0 Å². The number of rotatable bonds is 1. The molecule has 0 fully saturated rings. The van der Waals surface area contributed by atoms with Crippen molar-refractivity contribution in [3.63, 3.8) is 0 Å². The zero-order chi connectivity index (χ0) is 9.26. The summed E-state index contributed by atoms with van der Waals surface area (Å²) < 4.78 is 4.10. The summed E-state index contributed by atoms with van der Waals surface area (Å²) in [6.45, 7) is 2.03. The van der Waals surface area contributed by atoms with Crippen LogP contribution in [0.1, 0.15) is 4.88 Å². The SMILES string of the molecule is Cc1snc(Cl)c1-c1ccccc1. The van der Waals surface area contributed by atoms with Gasteiger partial charge in [0.1, 0.15) is 0 Å². The molecule has 0 spiro atoms. The Morgan fingerprint density at radius 1 is 1.23 bits per heavy atom. The fraction of sp³-hybridized carbons (Fsp3) is 0.100. The first-order chi connectivity index (χ1) is 6.29. The van der Waals surface area contributed by atoms with Crippen molar-refractivity contribution in [3.8, 4) is 11.1 Å². The molecule has 66 valence electrons. The molecule has 2 rings (SSSR count). The second-order valence-electron chi connectivity index (χ2n) is 2.77. The lowest BCUT2D eigenvalue weighted by Crippen LogP contribution is -1.76. The van der Waals surface area contributed by atoms with E-state index in [2.05, 4.69) is 4.37 Å². The van der Waals surface area contributed by atoms with Gasteiger partial charge in [-0.25, -0.2) is 0 Å². The minimum Gasteiger partial charge on any atom is -0.180 e. The summed E-state index contributed by atoms with van der Waals surface area (Å²) >= 11 is 7.42. The fourth-order valence-electron chi connectivity index (χ4n) is 1.27. The minimum absolute atomic E-state index is 0.605. The lowest BCUT2D eigenvalue weighted by molar-refractivity contribution is 1.53. The Morgan fingerprint density at radius 3 is 2.46 bits per heavy atom. The highest BCUT2D eigenvalue weighted by Gasteiger charge is 2.09. The molecule has 1 heterocycles. The van der Waals surface area contributed by atoms with Crippen molar-refractivity contribution in [2.75, 3.05) is 0 Å². The average Bonchev–Trinajstić information content (AvgIpc) is 2.48. The van der Waals surface area contributed by atoms with Gasteiger partial charge >= 0.3 is 0 Å². The van der Waals surface area contributed by atoms with Crippen molar-refractivity contribution in [2.45, 2.75) is 6.92 Å². The Labute approximate surface area is 86.2 Å². The molecule has 1 aromatic heterocycles. The van der Waals surface area contributed by atoms with Crippen molar-refractivity contribution >= 4 is 23.1 Å². The maximum Gasteiger partial charge on any atom is 0.150 e. The Hall–Kier alpha value is -0.860. The standard InChI is InChI=1S/C10H8ClNS/c1-7-9(10(11)12-13-7)8-5-3-2-4-6-8/h2-6H,1H3. The molecule has 0 aliphatic heterocycles. The summed E-state index contributed by atoms with van der Waals surface area (Å²) in [6.07, 6.45) is 0. The van der Waals surface area contributed by atoms with Gasteiger partial charge in [0.25, 0.3) is 0 Å². The largest absolute Gasteiger partial charge is 0.180 e. The second kappa shape index (κ2) is 3.48. The summed E-state index contributed by atoms with van der Waals surface area (Å²) in [5.74, 6) is 0. The Balaban J connectivity index is 2.59. The first kappa shape index (κ1) is 8.73. The van der Waals surface area contributed by atoms with E-state index in [9.17, 15) is 0 Å². The van der Waals surface area contributed by atoms with Gasteiger partial charge in [-0.05, 0) is 24.0 Å². The van der Waals surface area contributed by atoms with Crippen LogP contribution in [0, 0.1) is 6.92 Å². The number of halogens is 1. The highest BCUT2D eigenvalue weighted by Crippen LogP contribution is 2.32. The lowest BCUT2D eigenvalue weighted by atomic mass is 10.1. The summed E-state index contributed by atoms with van der Waals surface area (Å²) in [4.78, 5) is 1.16. The van der Waals surface area contributed by atoms with Crippen molar-refractivity contribution in [3.05, 3.63) is 40.4 Å². The molecule has 0 aliphatic carbocycles. The molecule has 0 radical (unpaired) electrons. The first-order valence-electron chi connectivity index (χ1n) is 3.96. The van der Waals surface area contributed by atoms with E-state index in [0.717, 1.165) is 16.0 Å². The van der Waals surface area contributed by atoms with Crippen LogP contribution in [-0.4, -0.2) is 4.37 Å². The zero-order valence-corrected chi connectivity index (χ0v) is 8.69. The van der Waals surface area contributed by atoms with Crippen LogP contribution < -0.4 is 0 Å². The molecule has 0 unspecified atom stereocenters. The predicted octanol–water partition coefficient (Wildman–Crippen LogP) is 3.77. The number of hydrogen-bond acceptors (Lipinski definition) is 2. The molecule has 0 N–H and O–H groups in total. The topological polar surface area (TPSA) is 12.9 Å². The Morgan fingerprint density at radius 2 is 1.92 bits per heavy atom. The van der Waals surface area contributed by atoms with Crippen LogP contribution in [0.5, 0.6) is 0 Å². The maximum absolute atomic E-state index is 5.98. The smallest absolute Gasteiger partial charge is 0.150 e. The van der Waals surface area contributed by atoms with E-state index in [1.54, 1.807) is 0 Å². The molecule has 0 bridgehead atoms. The summed E-state index contributed by atoms with van der Waals surface area (Å²) in [5.41, 5.74) is 2.20. The number of nitrogens with zero attached hydrogens (tertiary/aromatic N) is 1. The number of benzene rings is 1. The Bertz CT molecular complexity index is 389. The first-order valence-corrected chi connectivity index (χ1v) is 5.11. The molecule has 0 saturated carbocycles. The van der Waals surface area contributed by atoms with Crippen molar-refractivity contribution < 1.29 is 0 Å². The van der Waals surface area contributed by atoms with E-state index in [0.29, 0.717) is 5.15 Å². The van der Waals surface area contributed by atoms with Gasteiger partial charge in [0.05, 0.1) is 0 Å². The van der Waals surface area contributed by atoms with Gasteiger partial charge in [-0.1, -0.05) is 41.9 Å². The van der Waals surface area contributed by atoms with E-state index in [4.69, 9.17) is 11.6 Å². The van der Waals surface area contributed by atoms with E-state index < -0.39 is 0 Å². The van der Waals surface area contributed by atoms with Crippen LogP contribution in [0.25, 0.3) is 11.1 Å². The lowest BCUT2D eigenvalue weighted by Gasteiger charge is -1.98. The van der Waals surface area contributed by atoms with Gasteiger partial charge in [-0.15, -0.1) is 0 Å². The molecule has 0 amide bonds.